The van der Waals surface area contributed by atoms with Crippen molar-refractivity contribution in [3.05, 3.63) is 91.4 Å². The molecule has 0 fully saturated rings. The number of aryl methyl sites for hydroxylation is 1. The summed E-state index contributed by atoms with van der Waals surface area (Å²) in [5, 5.41) is 3.49. The Balaban J connectivity index is 1.55. The number of nitrogens with zero attached hydrogens (tertiary/aromatic N) is 3. The smallest absolute Gasteiger partial charge is 0.247 e. The van der Waals surface area contributed by atoms with E-state index in [4.69, 9.17) is 10.5 Å². The molecule has 8 heteroatoms. The van der Waals surface area contributed by atoms with Gasteiger partial charge in [-0.3, -0.25) is 4.79 Å². The van der Waals surface area contributed by atoms with Crippen molar-refractivity contribution in [3.8, 4) is 34.0 Å². The summed E-state index contributed by atoms with van der Waals surface area (Å²) in [6, 6.07) is 20.8. The van der Waals surface area contributed by atoms with Gasteiger partial charge in [-0.15, -0.1) is 0 Å². The fourth-order valence-electron chi connectivity index (χ4n) is 3.85. The lowest BCUT2D eigenvalue weighted by Crippen LogP contribution is -2.06. The van der Waals surface area contributed by atoms with Gasteiger partial charge in [-0.25, -0.2) is 15.0 Å². The van der Waals surface area contributed by atoms with Crippen molar-refractivity contribution in [3.63, 3.8) is 0 Å². The molecule has 0 bridgehead atoms. The first-order chi connectivity index (χ1) is 17.0. The first-order valence-corrected chi connectivity index (χ1v) is 10.9. The van der Waals surface area contributed by atoms with E-state index in [2.05, 4.69) is 31.8 Å². The quantitative estimate of drug-likeness (QED) is 0.287. The number of ether oxygens (including phenoxy) is 1. The van der Waals surface area contributed by atoms with Gasteiger partial charge in [0.2, 0.25) is 11.8 Å². The highest BCUT2D eigenvalue weighted by molar-refractivity contribution is 6.07. The number of hydrogen-bond acceptors (Lipinski definition) is 6. The molecule has 35 heavy (non-hydrogen) atoms. The van der Waals surface area contributed by atoms with Crippen molar-refractivity contribution in [2.24, 2.45) is 0 Å². The summed E-state index contributed by atoms with van der Waals surface area (Å²) in [4.78, 5) is 27.9. The SMILES string of the molecule is C=CC(=O)Nc1ccc(-c2[nH]c3ncnc(N)c3c2-c2ccc(Oc3cccc(C)n3)cc2)cc1. The molecule has 5 aromatic rings. The Kier molecular flexibility index (Phi) is 5.68. The molecule has 3 heterocycles. The Hall–Kier alpha value is -4.98. The Morgan fingerprint density at radius 3 is 2.49 bits per heavy atom. The third kappa shape index (κ3) is 4.45. The number of carbonyl (C=O) groups excluding carboxylic acids is 1. The molecule has 5 rings (SSSR count). The summed E-state index contributed by atoms with van der Waals surface area (Å²) < 4.78 is 5.90. The minimum atomic E-state index is -0.268. The van der Waals surface area contributed by atoms with Crippen LogP contribution in [0.2, 0.25) is 0 Å². The van der Waals surface area contributed by atoms with Gasteiger partial charge in [0.25, 0.3) is 0 Å². The second kappa shape index (κ2) is 9.11. The maximum atomic E-state index is 11.6. The third-order valence-corrected chi connectivity index (χ3v) is 5.47. The number of rotatable bonds is 6. The molecule has 2 aromatic carbocycles. The van der Waals surface area contributed by atoms with E-state index in [0.717, 1.165) is 33.5 Å². The normalized spacial score (nSPS) is 10.8. The predicted molar refractivity (Wildman–Crippen MR) is 137 cm³/mol. The van der Waals surface area contributed by atoms with E-state index in [1.165, 1.54) is 12.4 Å². The van der Waals surface area contributed by atoms with E-state index < -0.39 is 0 Å². The number of amides is 1. The van der Waals surface area contributed by atoms with E-state index in [-0.39, 0.29) is 5.91 Å². The molecule has 0 unspecified atom stereocenters. The van der Waals surface area contributed by atoms with Crippen molar-refractivity contribution < 1.29 is 9.53 Å². The number of H-pyrrole nitrogens is 1. The maximum absolute atomic E-state index is 11.6. The predicted octanol–water partition coefficient (Wildman–Crippen LogP) is 5.49. The number of nitrogen functional groups attached to an aromatic ring is 1. The molecule has 0 aliphatic rings. The van der Waals surface area contributed by atoms with Gasteiger partial charge in [-0.2, -0.15) is 0 Å². The molecule has 172 valence electrons. The van der Waals surface area contributed by atoms with E-state index in [1.807, 2.05) is 73.7 Å². The largest absolute Gasteiger partial charge is 0.439 e. The molecule has 0 aliphatic heterocycles. The van der Waals surface area contributed by atoms with Gasteiger partial charge in [-0.05, 0) is 54.5 Å². The second-order valence-electron chi connectivity index (χ2n) is 7.87. The highest BCUT2D eigenvalue weighted by Crippen LogP contribution is 2.40. The summed E-state index contributed by atoms with van der Waals surface area (Å²) in [5.74, 6) is 1.31. The molecular weight excluding hydrogens is 440 g/mol. The Morgan fingerprint density at radius 1 is 1.03 bits per heavy atom. The number of aromatic amines is 1. The van der Waals surface area contributed by atoms with E-state index in [9.17, 15) is 4.79 Å². The molecule has 0 spiro atoms. The summed E-state index contributed by atoms with van der Waals surface area (Å²) >= 11 is 0. The number of fused-ring (bicyclic) bond motifs is 1. The number of benzene rings is 2. The molecule has 0 saturated heterocycles. The zero-order valence-corrected chi connectivity index (χ0v) is 18.9. The first-order valence-electron chi connectivity index (χ1n) is 10.9. The Labute approximate surface area is 201 Å². The minimum absolute atomic E-state index is 0.268. The summed E-state index contributed by atoms with van der Waals surface area (Å²) in [6.45, 7) is 5.40. The van der Waals surface area contributed by atoms with Gasteiger partial charge < -0.3 is 20.8 Å². The lowest BCUT2D eigenvalue weighted by molar-refractivity contribution is -0.111. The zero-order chi connectivity index (χ0) is 24.4. The van der Waals surface area contributed by atoms with Crippen molar-refractivity contribution in [2.45, 2.75) is 6.92 Å². The summed E-state index contributed by atoms with van der Waals surface area (Å²) in [7, 11) is 0. The van der Waals surface area contributed by atoms with Crippen LogP contribution in [0.4, 0.5) is 11.5 Å². The van der Waals surface area contributed by atoms with Crippen LogP contribution < -0.4 is 15.8 Å². The van der Waals surface area contributed by atoms with Crippen LogP contribution in [0.15, 0.2) is 85.7 Å². The average Bonchev–Trinajstić information content (AvgIpc) is 3.26. The minimum Gasteiger partial charge on any atom is -0.439 e. The first kappa shape index (κ1) is 21.8. The highest BCUT2D eigenvalue weighted by Gasteiger charge is 2.19. The van der Waals surface area contributed by atoms with E-state index in [1.54, 1.807) is 0 Å². The van der Waals surface area contributed by atoms with Crippen molar-refractivity contribution in [2.75, 3.05) is 11.1 Å². The van der Waals surface area contributed by atoms with Crippen LogP contribution in [0.25, 0.3) is 33.4 Å². The van der Waals surface area contributed by atoms with Gasteiger partial charge in [0.05, 0.1) is 11.1 Å². The van der Waals surface area contributed by atoms with Crippen LogP contribution >= 0.6 is 0 Å². The molecule has 8 nitrogen and oxygen atoms in total. The van der Waals surface area contributed by atoms with E-state index in [0.29, 0.717) is 28.8 Å². The lowest BCUT2D eigenvalue weighted by Gasteiger charge is -2.09. The molecule has 1 amide bonds. The molecule has 3 aromatic heterocycles. The highest BCUT2D eigenvalue weighted by atomic mass is 16.5. The van der Waals surface area contributed by atoms with Gasteiger partial charge in [0, 0.05) is 23.0 Å². The number of hydrogen-bond donors (Lipinski definition) is 3. The molecule has 0 aliphatic carbocycles. The van der Waals surface area contributed by atoms with E-state index >= 15 is 0 Å². The number of carbonyl (C=O) groups is 1. The summed E-state index contributed by atoms with van der Waals surface area (Å²) in [5.41, 5.74) is 12.0. The number of nitrogens with one attached hydrogen (secondary N) is 2. The molecular formula is C27H22N6O2. The van der Waals surface area contributed by atoms with Crippen LogP contribution in [-0.4, -0.2) is 25.8 Å². The van der Waals surface area contributed by atoms with Crippen LogP contribution in [0.3, 0.4) is 0 Å². The van der Waals surface area contributed by atoms with Crippen molar-refractivity contribution in [1.29, 1.82) is 0 Å². The van der Waals surface area contributed by atoms with Gasteiger partial charge in [0.15, 0.2) is 0 Å². The van der Waals surface area contributed by atoms with Crippen molar-refractivity contribution >= 4 is 28.4 Å². The Bertz CT molecular complexity index is 1540. The maximum Gasteiger partial charge on any atom is 0.247 e. The van der Waals surface area contributed by atoms with Crippen LogP contribution in [-0.2, 0) is 4.79 Å². The monoisotopic (exact) mass is 462 g/mol. The van der Waals surface area contributed by atoms with Crippen molar-refractivity contribution in [1.82, 2.24) is 19.9 Å². The average molecular weight is 463 g/mol. The topological polar surface area (TPSA) is 119 Å². The van der Waals surface area contributed by atoms with Crippen LogP contribution in [0.1, 0.15) is 5.69 Å². The fraction of sp³-hybridized carbons (Fsp3) is 0.0370. The number of nitrogens with two attached hydrogens (primary N) is 1. The zero-order valence-electron chi connectivity index (χ0n) is 18.9. The number of anilines is 2. The van der Waals surface area contributed by atoms with Gasteiger partial charge in [-0.1, -0.05) is 36.9 Å². The van der Waals surface area contributed by atoms with Gasteiger partial charge >= 0.3 is 0 Å². The standard InChI is InChI=1S/C27H22N6O2/c1-3-21(34)32-19-11-7-18(8-12-19)25-23(24-26(28)29-15-30-27(24)33-25)17-9-13-20(14-10-17)35-22-6-4-5-16(2)31-22/h3-15H,1H2,2H3,(H,32,34)(H3,28,29,30,33). The third-order valence-electron chi connectivity index (χ3n) is 5.47. The fourth-order valence-corrected chi connectivity index (χ4v) is 3.85. The molecule has 0 saturated carbocycles. The molecule has 4 N–H and O–H groups in total. The molecule has 0 atom stereocenters. The van der Waals surface area contributed by atoms with Crippen LogP contribution in [0.5, 0.6) is 11.6 Å². The second-order valence-corrected chi connectivity index (χ2v) is 7.87. The lowest BCUT2D eigenvalue weighted by atomic mass is 9.98. The number of pyridine rings is 1. The van der Waals surface area contributed by atoms with Crippen LogP contribution in [0, 0.1) is 6.92 Å². The summed E-state index contributed by atoms with van der Waals surface area (Å²) in [6.07, 6.45) is 2.66. The van der Waals surface area contributed by atoms with Gasteiger partial charge in [0.1, 0.15) is 23.5 Å². The molecule has 0 radical (unpaired) electrons. The number of aromatic nitrogens is 4. The Morgan fingerprint density at radius 2 is 1.77 bits per heavy atom.